The predicted octanol–water partition coefficient (Wildman–Crippen LogP) is 3.48. The van der Waals surface area contributed by atoms with E-state index in [1.165, 1.54) is 0 Å². The molecule has 0 fully saturated rings. The molecule has 2 rings (SSSR count). The highest BCUT2D eigenvalue weighted by Gasteiger charge is 2.28. The van der Waals surface area contributed by atoms with Crippen molar-refractivity contribution in [2.75, 3.05) is 5.32 Å². The molecule has 0 aromatic heterocycles. The smallest absolute Gasteiger partial charge is 0.265 e. The van der Waals surface area contributed by atoms with Gasteiger partial charge in [0, 0.05) is 0 Å². The molecule has 1 atom stereocenters. The van der Waals surface area contributed by atoms with Gasteiger partial charge in [-0.2, -0.15) is 0 Å². The first-order valence-corrected chi connectivity index (χ1v) is 5.70. The highest BCUT2D eigenvalue weighted by atomic mass is 79.9. The van der Waals surface area contributed by atoms with Crippen molar-refractivity contribution in [1.29, 1.82) is 0 Å². The number of nitrogens with one attached hydrogen (secondary N) is 1. The van der Waals surface area contributed by atoms with Crippen molar-refractivity contribution in [3.05, 3.63) is 20.6 Å². The molecule has 1 aliphatic heterocycles. The number of ether oxygens (including phenoxy) is 1. The Hall–Kier alpha value is -0.450. The maximum absolute atomic E-state index is 11.4. The molecule has 1 aromatic rings. The molecule has 1 unspecified atom stereocenters. The Morgan fingerprint density at radius 3 is 2.80 bits per heavy atom. The molecule has 1 aliphatic rings. The number of benzene rings is 1. The van der Waals surface area contributed by atoms with Crippen LogP contribution in [-0.2, 0) is 4.79 Å². The van der Waals surface area contributed by atoms with Crippen molar-refractivity contribution in [3.8, 4) is 5.75 Å². The lowest BCUT2D eigenvalue weighted by Crippen LogP contribution is -2.34. The van der Waals surface area contributed by atoms with Crippen LogP contribution in [0.3, 0.4) is 0 Å². The number of fused-ring (bicyclic) bond motifs is 1. The fraction of sp³-hybridized carbons (Fsp3) is 0.222. The van der Waals surface area contributed by atoms with Crippen LogP contribution in [0, 0.1) is 0 Å². The monoisotopic (exact) mass is 309 g/mol. The van der Waals surface area contributed by atoms with E-state index in [9.17, 15) is 4.79 Å². The third kappa shape index (κ3) is 1.82. The number of carbonyl (C=O) groups excluding carboxylic acids is 1. The van der Waals surface area contributed by atoms with Gasteiger partial charge in [-0.1, -0.05) is 23.2 Å². The SMILES string of the molecule is CC1Oc2c(Br)c(Cl)cc(Cl)c2NC1=O. The molecule has 3 nitrogen and oxygen atoms in total. The average molecular weight is 311 g/mol. The van der Waals surface area contributed by atoms with E-state index in [-0.39, 0.29) is 5.91 Å². The number of rotatable bonds is 0. The first-order chi connectivity index (χ1) is 7.00. The van der Waals surface area contributed by atoms with E-state index in [4.69, 9.17) is 27.9 Å². The molecule has 1 amide bonds. The number of hydrogen-bond donors (Lipinski definition) is 1. The minimum Gasteiger partial charge on any atom is -0.477 e. The largest absolute Gasteiger partial charge is 0.477 e. The molecule has 0 saturated carbocycles. The molecule has 1 heterocycles. The van der Waals surface area contributed by atoms with E-state index in [0.29, 0.717) is 26.0 Å². The minimum atomic E-state index is -0.552. The molecule has 0 aliphatic carbocycles. The molecule has 0 radical (unpaired) electrons. The molecule has 1 N–H and O–H groups in total. The van der Waals surface area contributed by atoms with E-state index in [1.807, 2.05) is 0 Å². The third-order valence-corrected chi connectivity index (χ3v) is 3.65. The van der Waals surface area contributed by atoms with Crippen LogP contribution in [0.4, 0.5) is 5.69 Å². The lowest BCUT2D eigenvalue weighted by Gasteiger charge is -2.25. The van der Waals surface area contributed by atoms with E-state index < -0.39 is 6.10 Å². The number of amides is 1. The van der Waals surface area contributed by atoms with Crippen LogP contribution in [0.1, 0.15) is 6.92 Å². The predicted molar refractivity (Wildman–Crippen MR) is 62.9 cm³/mol. The maximum Gasteiger partial charge on any atom is 0.265 e. The summed E-state index contributed by atoms with van der Waals surface area (Å²) in [5, 5.41) is 3.47. The zero-order valence-corrected chi connectivity index (χ0v) is 10.7. The van der Waals surface area contributed by atoms with Gasteiger partial charge in [-0.3, -0.25) is 4.79 Å². The quantitative estimate of drug-likeness (QED) is 0.745. The van der Waals surface area contributed by atoms with Crippen molar-refractivity contribution in [2.45, 2.75) is 13.0 Å². The summed E-state index contributed by atoms with van der Waals surface area (Å²) in [4.78, 5) is 11.4. The fourth-order valence-corrected chi connectivity index (χ4v) is 2.15. The van der Waals surface area contributed by atoms with Crippen LogP contribution in [0.5, 0.6) is 5.75 Å². The van der Waals surface area contributed by atoms with Gasteiger partial charge < -0.3 is 10.1 Å². The van der Waals surface area contributed by atoms with Crippen LogP contribution in [0.15, 0.2) is 10.5 Å². The van der Waals surface area contributed by atoms with Gasteiger partial charge in [0.1, 0.15) is 5.69 Å². The molecule has 0 spiro atoms. The van der Waals surface area contributed by atoms with Crippen molar-refractivity contribution < 1.29 is 9.53 Å². The zero-order valence-electron chi connectivity index (χ0n) is 7.61. The molecule has 1 aromatic carbocycles. The summed E-state index contributed by atoms with van der Waals surface area (Å²) in [7, 11) is 0. The Morgan fingerprint density at radius 1 is 1.47 bits per heavy atom. The molecule has 6 heteroatoms. The van der Waals surface area contributed by atoms with Gasteiger partial charge in [0.2, 0.25) is 0 Å². The first-order valence-electron chi connectivity index (χ1n) is 4.15. The van der Waals surface area contributed by atoms with Gasteiger partial charge in [0.05, 0.1) is 14.5 Å². The molecule has 0 saturated heterocycles. The fourth-order valence-electron chi connectivity index (χ4n) is 1.26. The van der Waals surface area contributed by atoms with Crippen molar-refractivity contribution in [1.82, 2.24) is 0 Å². The van der Waals surface area contributed by atoms with Crippen molar-refractivity contribution >= 4 is 50.7 Å². The van der Waals surface area contributed by atoms with E-state index in [0.717, 1.165) is 0 Å². The maximum atomic E-state index is 11.4. The summed E-state index contributed by atoms with van der Waals surface area (Å²) >= 11 is 15.1. The Bertz CT molecular complexity index is 450. The topological polar surface area (TPSA) is 38.3 Å². The molecule has 80 valence electrons. The van der Waals surface area contributed by atoms with Crippen LogP contribution >= 0.6 is 39.1 Å². The summed E-state index contributed by atoms with van der Waals surface area (Å²) in [6.07, 6.45) is -0.552. The van der Waals surface area contributed by atoms with Crippen molar-refractivity contribution in [3.63, 3.8) is 0 Å². The average Bonchev–Trinajstić information content (AvgIpc) is 2.18. The van der Waals surface area contributed by atoms with Gasteiger partial charge >= 0.3 is 0 Å². The minimum absolute atomic E-state index is 0.223. The summed E-state index contributed by atoms with van der Waals surface area (Å²) < 4.78 is 6.00. The Labute approximate surface area is 105 Å². The van der Waals surface area contributed by atoms with Gasteiger partial charge in [0.25, 0.3) is 5.91 Å². The second kappa shape index (κ2) is 3.85. The van der Waals surface area contributed by atoms with Gasteiger partial charge in [-0.25, -0.2) is 0 Å². The highest BCUT2D eigenvalue weighted by Crippen LogP contribution is 2.45. The van der Waals surface area contributed by atoms with E-state index >= 15 is 0 Å². The van der Waals surface area contributed by atoms with E-state index in [2.05, 4.69) is 21.2 Å². The van der Waals surface area contributed by atoms with Gasteiger partial charge in [0.15, 0.2) is 11.9 Å². The van der Waals surface area contributed by atoms with Crippen LogP contribution in [0.2, 0.25) is 10.0 Å². The molecular weight excluding hydrogens is 305 g/mol. The second-order valence-electron chi connectivity index (χ2n) is 3.11. The van der Waals surface area contributed by atoms with Crippen LogP contribution in [-0.4, -0.2) is 12.0 Å². The Morgan fingerprint density at radius 2 is 2.13 bits per heavy atom. The Kier molecular flexibility index (Phi) is 2.83. The zero-order chi connectivity index (χ0) is 11.2. The van der Waals surface area contributed by atoms with Crippen LogP contribution in [0.25, 0.3) is 0 Å². The Balaban J connectivity index is 2.61. The number of anilines is 1. The molecule has 15 heavy (non-hydrogen) atoms. The second-order valence-corrected chi connectivity index (χ2v) is 4.72. The van der Waals surface area contributed by atoms with E-state index in [1.54, 1.807) is 13.0 Å². The van der Waals surface area contributed by atoms with Gasteiger partial charge in [-0.15, -0.1) is 0 Å². The first kappa shape index (κ1) is 11.0. The van der Waals surface area contributed by atoms with Crippen molar-refractivity contribution in [2.24, 2.45) is 0 Å². The summed E-state index contributed by atoms with van der Waals surface area (Å²) in [5.74, 6) is 0.248. The molecular formula is C9H6BrCl2NO2. The number of carbonyl (C=O) groups is 1. The summed E-state index contributed by atoms with van der Waals surface area (Å²) in [5.41, 5.74) is 0.455. The van der Waals surface area contributed by atoms with Crippen LogP contribution < -0.4 is 10.1 Å². The van der Waals surface area contributed by atoms with Gasteiger partial charge in [-0.05, 0) is 28.9 Å². The molecule has 0 bridgehead atoms. The standard InChI is InChI=1S/C9H6BrCl2NO2/c1-3-9(14)13-7-5(12)2-4(11)6(10)8(7)15-3/h2-3H,1H3,(H,13,14). The summed E-state index contributed by atoms with van der Waals surface area (Å²) in [6, 6.07) is 1.55. The number of halogens is 3. The normalized spacial score (nSPS) is 19.2. The lowest BCUT2D eigenvalue weighted by molar-refractivity contribution is -0.122. The highest BCUT2D eigenvalue weighted by molar-refractivity contribution is 9.10. The number of hydrogen-bond acceptors (Lipinski definition) is 2. The third-order valence-electron chi connectivity index (χ3n) is 2.04. The lowest BCUT2D eigenvalue weighted by atomic mass is 10.2. The summed E-state index contributed by atoms with van der Waals surface area (Å²) in [6.45, 7) is 1.65.